The maximum absolute atomic E-state index is 13.4. The summed E-state index contributed by atoms with van der Waals surface area (Å²) in [4.78, 5) is 26.3. The maximum atomic E-state index is 13.4. The highest BCUT2D eigenvalue weighted by atomic mass is 16.2. The van der Waals surface area contributed by atoms with Crippen molar-refractivity contribution in [1.29, 1.82) is 0 Å². The van der Waals surface area contributed by atoms with Crippen LogP contribution in [-0.2, 0) is 11.3 Å². The summed E-state index contributed by atoms with van der Waals surface area (Å²) in [7, 11) is 1.90. The van der Waals surface area contributed by atoms with Gasteiger partial charge in [0.1, 0.15) is 0 Å². The molecule has 1 amide bonds. The Morgan fingerprint density at radius 3 is 2.63 bits per heavy atom. The Balaban J connectivity index is 1.30. The largest absolute Gasteiger partial charge is 0.341 e. The lowest BCUT2D eigenvalue weighted by Crippen LogP contribution is -2.45. The molecule has 0 bridgehead atoms. The second kappa shape index (κ2) is 7.55. The van der Waals surface area contributed by atoms with Crippen LogP contribution in [-0.4, -0.2) is 50.7 Å². The number of para-hydroxylation sites is 1. The summed E-state index contributed by atoms with van der Waals surface area (Å²) in [6.45, 7) is 2.11. The van der Waals surface area contributed by atoms with Crippen LogP contribution < -0.4 is 4.90 Å². The third-order valence-electron chi connectivity index (χ3n) is 6.58. The van der Waals surface area contributed by atoms with Crippen LogP contribution in [0.5, 0.6) is 0 Å². The third kappa shape index (κ3) is 3.34. The van der Waals surface area contributed by atoms with Gasteiger partial charge in [0.05, 0.1) is 17.8 Å². The van der Waals surface area contributed by atoms with Crippen molar-refractivity contribution in [3.63, 3.8) is 0 Å². The zero-order valence-electron chi connectivity index (χ0n) is 17.2. The first kappa shape index (κ1) is 18.8. The summed E-state index contributed by atoms with van der Waals surface area (Å²) in [6.07, 6.45) is 10.8. The average molecular weight is 403 g/mol. The van der Waals surface area contributed by atoms with Gasteiger partial charge in [0.25, 0.3) is 0 Å². The fraction of sp³-hybridized carbons (Fsp3) is 0.391. The number of hydrogen-bond acceptors (Lipinski definition) is 5. The van der Waals surface area contributed by atoms with Gasteiger partial charge in [-0.2, -0.15) is 5.10 Å². The molecule has 1 saturated carbocycles. The number of aromatic nitrogens is 4. The van der Waals surface area contributed by atoms with E-state index in [2.05, 4.69) is 20.0 Å². The van der Waals surface area contributed by atoms with Crippen molar-refractivity contribution < 1.29 is 4.79 Å². The van der Waals surface area contributed by atoms with E-state index in [1.807, 2.05) is 65.4 Å². The fourth-order valence-corrected chi connectivity index (χ4v) is 4.83. The van der Waals surface area contributed by atoms with E-state index in [0.717, 1.165) is 36.6 Å². The fourth-order valence-electron chi connectivity index (χ4n) is 4.83. The summed E-state index contributed by atoms with van der Waals surface area (Å²) in [6, 6.07) is 11.8. The van der Waals surface area contributed by atoms with Crippen molar-refractivity contribution in [3.8, 4) is 5.69 Å². The molecule has 5 rings (SSSR count). The summed E-state index contributed by atoms with van der Waals surface area (Å²) in [5.74, 6) is 0.927. The summed E-state index contributed by atoms with van der Waals surface area (Å²) in [5, 5.41) is 4.46. The monoisotopic (exact) mass is 402 g/mol. The number of carbonyl (C=O) groups excluding carboxylic acids is 1. The van der Waals surface area contributed by atoms with Crippen LogP contribution in [0.25, 0.3) is 5.69 Å². The van der Waals surface area contributed by atoms with Gasteiger partial charge in [-0.05, 0) is 31.0 Å². The second-order valence-corrected chi connectivity index (χ2v) is 8.52. The lowest BCUT2D eigenvalue weighted by Gasteiger charge is -2.42. The zero-order chi connectivity index (χ0) is 20.6. The lowest BCUT2D eigenvalue weighted by atomic mass is 9.62. The molecule has 3 heterocycles. The molecule has 1 aliphatic heterocycles. The Hall–Kier alpha value is -3.22. The first-order valence-electron chi connectivity index (χ1n) is 10.5. The molecule has 1 aromatic carbocycles. The molecule has 2 aliphatic rings. The van der Waals surface area contributed by atoms with Gasteiger partial charge < -0.3 is 9.80 Å². The van der Waals surface area contributed by atoms with Gasteiger partial charge in [0.15, 0.2) is 0 Å². The van der Waals surface area contributed by atoms with Gasteiger partial charge in [-0.25, -0.2) is 14.6 Å². The number of carbonyl (C=O) groups is 1. The molecule has 7 heteroatoms. The van der Waals surface area contributed by atoms with Crippen molar-refractivity contribution in [3.05, 3.63) is 66.7 Å². The molecule has 0 N–H and O–H groups in total. The molecule has 154 valence electrons. The minimum atomic E-state index is -0.00998. The molecule has 7 nitrogen and oxygen atoms in total. The Kier molecular flexibility index (Phi) is 4.73. The molecule has 30 heavy (non-hydrogen) atoms. The number of hydrogen-bond donors (Lipinski definition) is 0. The first-order chi connectivity index (χ1) is 14.6. The van der Waals surface area contributed by atoms with Crippen LogP contribution in [0.3, 0.4) is 0 Å². The molecule has 2 aromatic heterocycles. The van der Waals surface area contributed by atoms with E-state index in [-0.39, 0.29) is 17.2 Å². The highest BCUT2D eigenvalue weighted by Gasteiger charge is 2.54. The average Bonchev–Trinajstić information content (AvgIpc) is 3.39. The molecule has 1 saturated heterocycles. The first-order valence-corrected chi connectivity index (χ1v) is 10.5. The number of rotatable bonds is 5. The van der Waals surface area contributed by atoms with Crippen LogP contribution in [0, 0.1) is 11.3 Å². The van der Waals surface area contributed by atoms with Gasteiger partial charge in [-0.15, -0.1) is 0 Å². The maximum Gasteiger partial charge on any atom is 0.228 e. The molecule has 2 fully saturated rings. The van der Waals surface area contributed by atoms with Crippen LogP contribution in [0.15, 0.2) is 61.2 Å². The van der Waals surface area contributed by atoms with E-state index >= 15 is 0 Å². The van der Waals surface area contributed by atoms with E-state index in [1.54, 1.807) is 12.4 Å². The molecule has 0 radical (unpaired) electrons. The van der Waals surface area contributed by atoms with Crippen molar-refractivity contribution in [2.24, 2.45) is 11.3 Å². The van der Waals surface area contributed by atoms with E-state index in [1.165, 1.54) is 6.42 Å². The standard InChI is InChI=1S/C23H26N6O/c1-27(14-18-13-26-29(15-18)19-7-3-2-4-8-19)21(30)20-16-28(17-23(20)9-5-10-23)22-24-11-6-12-25-22/h2-4,6-8,11-13,15,20H,5,9-10,14,16-17H2,1H3. The lowest BCUT2D eigenvalue weighted by molar-refractivity contribution is -0.139. The summed E-state index contributed by atoms with van der Waals surface area (Å²) >= 11 is 0. The SMILES string of the molecule is CN(Cc1cnn(-c2ccccc2)c1)C(=O)C1CN(c2ncccn2)CC12CCC2. The molecule has 1 aliphatic carbocycles. The van der Waals surface area contributed by atoms with Gasteiger partial charge in [-0.1, -0.05) is 24.6 Å². The Labute approximate surface area is 176 Å². The van der Waals surface area contributed by atoms with E-state index in [0.29, 0.717) is 13.1 Å². The number of benzene rings is 1. The van der Waals surface area contributed by atoms with Crippen LogP contribution >= 0.6 is 0 Å². The number of amides is 1. The Bertz CT molecular complexity index is 1010. The molecule has 1 spiro atoms. The predicted molar refractivity (Wildman–Crippen MR) is 114 cm³/mol. The second-order valence-electron chi connectivity index (χ2n) is 8.52. The minimum absolute atomic E-state index is 0.00998. The normalized spacial score (nSPS) is 19.6. The highest BCUT2D eigenvalue weighted by molar-refractivity contribution is 5.81. The smallest absolute Gasteiger partial charge is 0.228 e. The van der Waals surface area contributed by atoms with Crippen molar-refractivity contribution in [2.45, 2.75) is 25.8 Å². The van der Waals surface area contributed by atoms with Crippen LogP contribution in [0.1, 0.15) is 24.8 Å². The highest BCUT2D eigenvalue weighted by Crippen LogP contribution is 2.52. The summed E-state index contributed by atoms with van der Waals surface area (Å²) in [5.41, 5.74) is 2.11. The molecule has 3 aromatic rings. The zero-order valence-corrected chi connectivity index (χ0v) is 17.2. The van der Waals surface area contributed by atoms with Gasteiger partial charge >= 0.3 is 0 Å². The molecule has 1 unspecified atom stereocenters. The predicted octanol–water partition coefficient (Wildman–Crippen LogP) is 2.93. The number of nitrogens with zero attached hydrogens (tertiary/aromatic N) is 6. The van der Waals surface area contributed by atoms with Gasteiger partial charge in [0.2, 0.25) is 11.9 Å². The molecular weight excluding hydrogens is 376 g/mol. The van der Waals surface area contributed by atoms with E-state index < -0.39 is 0 Å². The molecular formula is C23H26N6O. The summed E-state index contributed by atoms with van der Waals surface area (Å²) < 4.78 is 1.85. The Morgan fingerprint density at radius 2 is 1.93 bits per heavy atom. The Morgan fingerprint density at radius 1 is 1.17 bits per heavy atom. The number of anilines is 1. The topological polar surface area (TPSA) is 67.2 Å². The quantitative estimate of drug-likeness (QED) is 0.656. The van der Waals surface area contributed by atoms with Crippen molar-refractivity contribution in [1.82, 2.24) is 24.6 Å². The van der Waals surface area contributed by atoms with E-state index in [9.17, 15) is 4.79 Å². The third-order valence-corrected chi connectivity index (χ3v) is 6.58. The van der Waals surface area contributed by atoms with Crippen molar-refractivity contribution in [2.75, 3.05) is 25.0 Å². The van der Waals surface area contributed by atoms with E-state index in [4.69, 9.17) is 0 Å². The van der Waals surface area contributed by atoms with Crippen LogP contribution in [0.2, 0.25) is 0 Å². The molecule has 1 atom stereocenters. The van der Waals surface area contributed by atoms with Crippen molar-refractivity contribution >= 4 is 11.9 Å². The van der Waals surface area contributed by atoms with Gasteiger partial charge in [0, 0.05) is 56.3 Å². The van der Waals surface area contributed by atoms with Crippen LogP contribution in [0.4, 0.5) is 5.95 Å². The minimum Gasteiger partial charge on any atom is -0.341 e. The van der Waals surface area contributed by atoms with Gasteiger partial charge in [-0.3, -0.25) is 4.79 Å².